The molecule has 0 saturated heterocycles. The van der Waals surface area contributed by atoms with Crippen molar-refractivity contribution in [2.24, 2.45) is 5.10 Å². The van der Waals surface area contributed by atoms with Gasteiger partial charge >= 0.3 is 0 Å². The number of carbonyl (C=O) groups excluding carboxylic acids is 1. The Morgan fingerprint density at radius 3 is 2.90 bits per heavy atom. The van der Waals surface area contributed by atoms with E-state index in [4.69, 9.17) is 12.2 Å². The Hall–Kier alpha value is -2.28. The highest BCUT2D eigenvalue weighted by atomic mass is 32.1. The first-order valence-corrected chi connectivity index (χ1v) is 6.67. The van der Waals surface area contributed by atoms with Crippen LogP contribution in [0.25, 0.3) is 0 Å². The van der Waals surface area contributed by atoms with Crippen molar-refractivity contribution in [3.63, 3.8) is 0 Å². The molecule has 1 aliphatic rings. The van der Waals surface area contributed by atoms with Gasteiger partial charge in [-0.05, 0) is 18.3 Å². The van der Waals surface area contributed by atoms with E-state index in [1.807, 2.05) is 31.2 Å². The first kappa shape index (κ1) is 12.7. The van der Waals surface area contributed by atoms with E-state index in [0.29, 0.717) is 22.7 Å². The van der Waals surface area contributed by atoms with Gasteiger partial charge in [0.1, 0.15) is 0 Å². The second kappa shape index (κ2) is 4.68. The van der Waals surface area contributed by atoms with Crippen molar-refractivity contribution in [3.05, 3.63) is 40.4 Å². The Morgan fingerprint density at radius 1 is 1.40 bits per heavy atom. The monoisotopic (exact) mass is 287 g/mol. The van der Waals surface area contributed by atoms with E-state index in [1.54, 1.807) is 11.9 Å². The fourth-order valence-electron chi connectivity index (χ4n) is 2.20. The van der Waals surface area contributed by atoms with Gasteiger partial charge in [-0.2, -0.15) is 14.9 Å². The van der Waals surface area contributed by atoms with E-state index in [2.05, 4.69) is 15.3 Å². The van der Waals surface area contributed by atoms with Crippen LogP contribution >= 0.6 is 12.2 Å². The summed E-state index contributed by atoms with van der Waals surface area (Å²) in [5.41, 5.74) is 2.05. The highest BCUT2D eigenvalue weighted by Crippen LogP contribution is 2.27. The molecule has 1 amide bonds. The van der Waals surface area contributed by atoms with Gasteiger partial charge in [0.15, 0.2) is 11.5 Å². The highest BCUT2D eigenvalue weighted by molar-refractivity contribution is 7.71. The molecule has 3 rings (SSSR count). The number of likely N-dealkylation sites (N-methyl/N-ethyl adjacent to an activating group) is 1. The van der Waals surface area contributed by atoms with Crippen molar-refractivity contribution < 1.29 is 4.79 Å². The topological polar surface area (TPSA) is 66.3 Å². The minimum absolute atomic E-state index is 0.142. The molecule has 6 nitrogen and oxygen atoms in total. The molecule has 2 heterocycles. The van der Waals surface area contributed by atoms with Crippen LogP contribution in [0.1, 0.15) is 18.3 Å². The molecular weight excluding hydrogens is 274 g/mol. The molecule has 20 heavy (non-hydrogen) atoms. The fourth-order valence-corrected chi connectivity index (χ4v) is 2.39. The maximum Gasteiger partial charge on any atom is 0.279 e. The molecule has 1 aromatic heterocycles. The second-order valence-corrected chi connectivity index (χ2v) is 4.83. The minimum atomic E-state index is -0.142. The number of anilines is 1. The zero-order valence-corrected chi connectivity index (χ0v) is 11.9. The summed E-state index contributed by atoms with van der Waals surface area (Å²) < 4.78 is 1.90. The van der Waals surface area contributed by atoms with Crippen molar-refractivity contribution in [3.8, 4) is 0 Å². The van der Waals surface area contributed by atoms with Crippen molar-refractivity contribution in [1.82, 2.24) is 14.9 Å². The molecule has 0 fully saturated rings. The number of hydrogen-bond donors (Lipinski definition) is 1. The maximum absolute atomic E-state index is 12.3. The zero-order valence-electron chi connectivity index (χ0n) is 11.1. The van der Waals surface area contributed by atoms with Crippen LogP contribution in [-0.4, -0.2) is 33.5 Å². The first-order valence-electron chi connectivity index (χ1n) is 6.26. The third kappa shape index (κ3) is 1.78. The number of aromatic amines is 1. The van der Waals surface area contributed by atoms with Crippen molar-refractivity contribution in [2.45, 2.75) is 13.3 Å². The maximum atomic E-state index is 12.3. The summed E-state index contributed by atoms with van der Waals surface area (Å²) in [5.74, 6) is 0.554. The van der Waals surface area contributed by atoms with E-state index in [0.717, 1.165) is 11.3 Å². The Kier molecular flexibility index (Phi) is 2.98. The third-order valence-electron chi connectivity index (χ3n) is 3.26. The molecule has 0 radical (unpaired) electrons. The van der Waals surface area contributed by atoms with Crippen molar-refractivity contribution >= 4 is 29.5 Å². The summed E-state index contributed by atoms with van der Waals surface area (Å²) >= 11 is 5.15. The molecule has 0 saturated carbocycles. The smallest absolute Gasteiger partial charge is 0.279 e. The predicted octanol–water partition coefficient (Wildman–Crippen LogP) is 1.73. The molecule has 0 spiro atoms. The largest absolute Gasteiger partial charge is 0.309 e. The lowest BCUT2D eigenvalue weighted by atomic mass is 10.1. The highest BCUT2D eigenvalue weighted by Gasteiger charge is 2.31. The van der Waals surface area contributed by atoms with Crippen LogP contribution in [0.3, 0.4) is 0 Å². The van der Waals surface area contributed by atoms with Crippen LogP contribution in [-0.2, 0) is 11.2 Å². The number of aryl methyl sites for hydroxylation is 1. The lowest BCUT2D eigenvalue weighted by molar-refractivity contribution is -0.112. The van der Waals surface area contributed by atoms with Crippen LogP contribution in [0.2, 0.25) is 0 Å². The second-order valence-electron chi connectivity index (χ2n) is 4.44. The van der Waals surface area contributed by atoms with E-state index in [-0.39, 0.29) is 5.91 Å². The molecule has 1 N–H and O–H groups in total. The summed E-state index contributed by atoms with van der Waals surface area (Å²) in [7, 11) is 1.74. The van der Waals surface area contributed by atoms with Crippen molar-refractivity contribution in [1.29, 1.82) is 0 Å². The Balaban J connectivity index is 2.20. The molecule has 0 atom stereocenters. The van der Waals surface area contributed by atoms with Gasteiger partial charge in [0, 0.05) is 19.0 Å². The predicted molar refractivity (Wildman–Crippen MR) is 78.6 cm³/mol. The quantitative estimate of drug-likeness (QED) is 0.855. The number of aromatic nitrogens is 3. The molecular formula is C13H13N5OS. The Bertz CT molecular complexity index is 773. The number of H-pyrrole nitrogens is 1. The summed E-state index contributed by atoms with van der Waals surface area (Å²) in [6.07, 6.45) is 0.676. The van der Waals surface area contributed by atoms with Crippen LogP contribution in [0.4, 0.5) is 5.69 Å². The first-order chi connectivity index (χ1) is 9.63. The molecule has 2 aromatic rings. The van der Waals surface area contributed by atoms with Crippen LogP contribution in [0, 0.1) is 4.77 Å². The molecule has 1 aromatic carbocycles. The van der Waals surface area contributed by atoms with Gasteiger partial charge in [0.25, 0.3) is 5.91 Å². The van der Waals surface area contributed by atoms with Gasteiger partial charge in [-0.1, -0.05) is 25.1 Å². The molecule has 7 heteroatoms. The van der Waals surface area contributed by atoms with Crippen molar-refractivity contribution in [2.75, 3.05) is 11.9 Å². The summed E-state index contributed by atoms with van der Waals surface area (Å²) in [5, 5.41) is 11.2. The summed E-state index contributed by atoms with van der Waals surface area (Å²) in [6, 6.07) is 7.55. The molecule has 0 unspecified atom stereocenters. The minimum Gasteiger partial charge on any atom is -0.309 e. The van der Waals surface area contributed by atoms with Gasteiger partial charge in [-0.15, -0.1) is 0 Å². The summed E-state index contributed by atoms with van der Waals surface area (Å²) in [4.78, 5) is 13.9. The fraction of sp³-hybridized carbons (Fsp3) is 0.231. The van der Waals surface area contributed by atoms with Gasteiger partial charge in [-0.25, -0.2) is 0 Å². The number of fused-ring (bicyclic) bond motifs is 1. The lowest BCUT2D eigenvalue weighted by Crippen LogP contribution is -2.26. The average Bonchev–Trinajstić information content (AvgIpc) is 2.93. The number of hydrogen-bond acceptors (Lipinski definition) is 4. The zero-order chi connectivity index (χ0) is 14.3. The van der Waals surface area contributed by atoms with E-state index in [9.17, 15) is 4.79 Å². The number of carbonyl (C=O) groups is 1. The van der Waals surface area contributed by atoms with Crippen LogP contribution in [0.5, 0.6) is 0 Å². The summed E-state index contributed by atoms with van der Waals surface area (Å²) in [6.45, 7) is 1.96. The number of nitrogens with one attached hydrogen (secondary N) is 1. The molecule has 0 aliphatic carbocycles. The average molecular weight is 287 g/mol. The van der Waals surface area contributed by atoms with Gasteiger partial charge < -0.3 is 4.90 Å². The third-order valence-corrected chi connectivity index (χ3v) is 3.53. The SMILES string of the molecule is CCc1n[nH]c(=S)n1/N=C1/C(=O)N(C)c2ccccc21. The lowest BCUT2D eigenvalue weighted by Gasteiger charge is -2.07. The van der Waals surface area contributed by atoms with E-state index in [1.165, 1.54) is 4.68 Å². The standard InChI is InChI=1S/C13H13N5OS/c1-3-10-14-15-13(20)18(10)16-11-8-6-4-5-7-9(8)17(2)12(11)19/h4-7H,3H2,1-2H3,(H,15,20)/b16-11+. The normalized spacial score (nSPS) is 16.0. The Morgan fingerprint density at radius 2 is 2.15 bits per heavy atom. The van der Waals surface area contributed by atoms with Crippen LogP contribution < -0.4 is 4.90 Å². The van der Waals surface area contributed by atoms with E-state index >= 15 is 0 Å². The molecule has 102 valence electrons. The number of benzene rings is 1. The van der Waals surface area contributed by atoms with Gasteiger partial charge in [0.2, 0.25) is 4.77 Å². The Labute approximate surface area is 120 Å². The number of para-hydroxylation sites is 1. The molecule has 0 bridgehead atoms. The van der Waals surface area contributed by atoms with E-state index < -0.39 is 0 Å². The van der Waals surface area contributed by atoms with Gasteiger partial charge in [-0.3, -0.25) is 9.89 Å². The molecule has 1 aliphatic heterocycles. The number of nitrogens with zero attached hydrogens (tertiary/aromatic N) is 4. The number of rotatable bonds is 2. The van der Waals surface area contributed by atoms with Crippen LogP contribution in [0.15, 0.2) is 29.4 Å². The van der Waals surface area contributed by atoms with Gasteiger partial charge in [0.05, 0.1) is 5.69 Å². The number of amides is 1.